The maximum atomic E-state index is 11.9. The summed E-state index contributed by atoms with van der Waals surface area (Å²) in [6, 6.07) is 0. The number of aliphatic hydroxyl groups is 1. The van der Waals surface area contributed by atoms with Crippen molar-refractivity contribution in [2.75, 3.05) is 20.8 Å². The fourth-order valence-corrected chi connectivity index (χ4v) is 3.01. The number of carbonyl (C=O) groups excluding carboxylic acids is 2. The lowest BCUT2D eigenvalue weighted by molar-refractivity contribution is -0.137. The van der Waals surface area contributed by atoms with E-state index in [4.69, 9.17) is 14.2 Å². The van der Waals surface area contributed by atoms with E-state index in [1.807, 2.05) is 6.92 Å². The van der Waals surface area contributed by atoms with Crippen LogP contribution in [0.15, 0.2) is 11.8 Å². The highest BCUT2D eigenvalue weighted by Crippen LogP contribution is 2.63. The first-order valence-corrected chi connectivity index (χ1v) is 6.42. The average molecular weight is 285 g/mol. The van der Waals surface area contributed by atoms with Gasteiger partial charge in [-0.2, -0.15) is 0 Å². The van der Waals surface area contributed by atoms with E-state index < -0.39 is 23.3 Å². The van der Waals surface area contributed by atoms with Gasteiger partial charge in [0.15, 0.2) is 0 Å². The van der Waals surface area contributed by atoms with E-state index in [0.29, 0.717) is 6.42 Å². The number of aliphatic hydroxyl groups excluding tert-OH is 1. The Balaban J connectivity index is 2.24. The molecule has 0 aromatic heterocycles. The van der Waals surface area contributed by atoms with Crippen LogP contribution in [0.5, 0.6) is 0 Å². The zero-order valence-corrected chi connectivity index (χ0v) is 11.8. The molecule has 0 bridgehead atoms. The van der Waals surface area contributed by atoms with Crippen molar-refractivity contribution < 1.29 is 28.9 Å². The molecule has 1 saturated carbocycles. The number of amides is 1. The van der Waals surface area contributed by atoms with Crippen molar-refractivity contribution >= 4 is 12.1 Å². The molecule has 2 fully saturated rings. The van der Waals surface area contributed by atoms with Crippen LogP contribution in [-0.4, -0.2) is 49.1 Å². The summed E-state index contributed by atoms with van der Waals surface area (Å²) in [7, 11) is 2.67. The summed E-state index contributed by atoms with van der Waals surface area (Å²) in [6.45, 7) is 1.71. The Morgan fingerprint density at radius 1 is 1.55 bits per heavy atom. The molecule has 0 aromatic rings. The number of methoxy groups -OCH3 is 1. The summed E-state index contributed by atoms with van der Waals surface area (Å²) in [4.78, 5) is 23.0. The molecule has 1 saturated heterocycles. The van der Waals surface area contributed by atoms with E-state index in [-0.39, 0.29) is 18.1 Å². The third-order valence-corrected chi connectivity index (χ3v) is 4.26. The van der Waals surface area contributed by atoms with E-state index in [9.17, 15) is 14.7 Å². The van der Waals surface area contributed by atoms with Crippen LogP contribution in [0.4, 0.5) is 4.79 Å². The summed E-state index contributed by atoms with van der Waals surface area (Å²) in [6.07, 6.45) is 1.80. The molecule has 7 heteroatoms. The third kappa shape index (κ3) is 2.06. The van der Waals surface area contributed by atoms with E-state index >= 15 is 0 Å². The standard InChI is InChI=1S/C13H19NO6/c1-12-5-4-9(13(12,7-15)20-12)8(10(16)18-3)6-19-11(17)14-2/h6,9,15H,4-5,7H2,1-3H3,(H,14,17)/t9?,12-,13?/m0/s1. The molecule has 1 amide bonds. The number of alkyl carbamates (subject to hydrolysis) is 1. The van der Waals surface area contributed by atoms with Crippen LogP contribution in [0.3, 0.4) is 0 Å². The molecule has 20 heavy (non-hydrogen) atoms. The lowest BCUT2D eigenvalue weighted by Gasteiger charge is -2.20. The van der Waals surface area contributed by atoms with Crippen LogP contribution in [0, 0.1) is 5.92 Å². The van der Waals surface area contributed by atoms with Crippen LogP contribution < -0.4 is 5.32 Å². The highest BCUT2D eigenvalue weighted by molar-refractivity contribution is 5.89. The summed E-state index contributed by atoms with van der Waals surface area (Å²) < 4.78 is 15.2. The van der Waals surface area contributed by atoms with Crippen LogP contribution in [0.2, 0.25) is 0 Å². The largest absolute Gasteiger partial charge is 0.466 e. The van der Waals surface area contributed by atoms with Crippen molar-refractivity contribution in [3.05, 3.63) is 11.8 Å². The highest BCUT2D eigenvalue weighted by atomic mass is 16.6. The fourth-order valence-electron chi connectivity index (χ4n) is 3.01. The minimum Gasteiger partial charge on any atom is -0.466 e. The van der Waals surface area contributed by atoms with E-state index in [1.54, 1.807) is 0 Å². The number of hydrogen-bond donors (Lipinski definition) is 2. The third-order valence-electron chi connectivity index (χ3n) is 4.26. The van der Waals surface area contributed by atoms with Gasteiger partial charge < -0.3 is 24.6 Å². The first-order valence-electron chi connectivity index (χ1n) is 6.42. The summed E-state index contributed by atoms with van der Waals surface area (Å²) >= 11 is 0. The lowest BCUT2D eigenvalue weighted by atomic mass is 9.85. The second kappa shape index (κ2) is 5.06. The fraction of sp³-hybridized carbons (Fsp3) is 0.692. The molecule has 0 spiro atoms. The zero-order valence-electron chi connectivity index (χ0n) is 11.8. The molecule has 2 rings (SSSR count). The number of nitrogens with one attached hydrogen (secondary N) is 1. The minimum absolute atomic E-state index is 0.192. The number of hydrogen-bond acceptors (Lipinski definition) is 6. The van der Waals surface area contributed by atoms with Gasteiger partial charge in [0.1, 0.15) is 11.9 Å². The monoisotopic (exact) mass is 285 g/mol. The van der Waals surface area contributed by atoms with Crippen molar-refractivity contribution in [2.45, 2.75) is 31.0 Å². The number of rotatable bonds is 4. The maximum absolute atomic E-state index is 11.9. The molecule has 0 radical (unpaired) electrons. The minimum atomic E-state index is -0.779. The molecule has 1 heterocycles. The summed E-state index contributed by atoms with van der Waals surface area (Å²) in [5.74, 6) is -0.943. The number of ether oxygens (including phenoxy) is 3. The molecule has 1 aliphatic heterocycles. The van der Waals surface area contributed by atoms with Crippen molar-refractivity contribution in [3.63, 3.8) is 0 Å². The second-order valence-electron chi connectivity index (χ2n) is 5.19. The average Bonchev–Trinajstić information content (AvgIpc) is 2.97. The van der Waals surface area contributed by atoms with Crippen molar-refractivity contribution in [1.29, 1.82) is 0 Å². The molecule has 112 valence electrons. The van der Waals surface area contributed by atoms with Crippen LogP contribution in [-0.2, 0) is 19.0 Å². The van der Waals surface area contributed by atoms with Crippen molar-refractivity contribution in [2.24, 2.45) is 5.92 Å². The summed E-state index contributed by atoms with van der Waals surface area (Å²) in [5.41, 5.74) is -1.00. The lowest BCUT2D eigenvalue weighted by Crippen LogP contribution is -2.33. The van der Waals surface area contributed by atoms with Gasteiger partial charge in [0.05, 0.1) is 24.9 Å². The Hall–Kier alpha value is -1.60. The van der Waals surface area contributed by atoms with Gasteiger partial charge in [0.25, 0.3) is 0 Å². The molecule has 2 N–H and O–H groups in total. The Morgan fingerprint density at radius 2 is 2.25 bits per heavy atom. The van der Waals surface area contributed by atoms with Gasteiger partial charge in [-0.15, -0.1) is 0 Å². The molecule has 0 aromatic carbocycles. The maximum Gasteiger partial charge on any atom is 0.411 e. The normalized spacial score (nSPS) is 35.2. The first-order chi connectivity index (χ1) is 9.44. The van der Waals surface area contributed by atoms with Gasteiger partial charge in [-0.25, -0.2) is 9.59 Å². The SMILES string of the molecule is CNC(=O)OC=C(C(=O)OC)C1CC[C@]2(C)OC12CO. The van der Waals surface area contributed by atoms with E-state index in [0.717, 1.165) is 12.7 Å². The number of epoxide rings is 1. The molecule has 3 atom stereocenters. The number of esters is 1. The molecular weight excluding hydrogens is 266 g/mol. The van der Waals surface area contributed by atoms with Gasteiger partial charge in [0, 0.05) is 13.0 Å². The molecular formula is C13H19NO6. The van der Waals surface area contributed by atoms with Gasteiger partial charge in [-0.1, -0.05) is 0 Å². The second-order valence-corrected chi connectivity index (χ2v) is 5.19. The molecule has 2 aliphatic rings. The van der Waals surface area contributed by atoms with Gasteiger partial charge >= 0.3 is 12.1 Å². The van der Waals surface area contributed by atoms with Gasteiger partial charge in [-0.05, 0) is 19.8 Å². The van der Waals surface area contributed by atoms with Crippen LogP contribution >= 0.6 is 0 Å². The Labute approximate surface area is 116 Å². The number of fused-ring (bicyclic) bond motifs is 1. The quantitative estimate of drug-likeness (QED) is 0.334. The molecule has 2 unspecified atom stereocenters. The van der Waals surface area contributed by atoms with E-state index in [2.05, 4.69) is 5.32 Å². The van der Waals surface area contributed by atoms with Crippen LogP contribution in [0.25, 0.3) is 0 Å². The van der Waals surface area contributed by atoms with Crippen LogP contribution in [0.1, 0.15) is 19.8 Å². The Kier molecular flexibility index (Phi) is 3.75. The van der Waals surface area contributed by atoms with Gasteiger partial charge in [0.2, 0.25) is 0 Å². The first kappa shape index (κ1) is 14.8. The Morgan fingerprint density at radius 3 is 2.75 bits per heavy atom. The molecule has 1 aliphatic carbocycles. The summed E-state index contributed by atoms with van der Waals surface area (Å²) in [5, 5.41) is 11.9. The number of carbonyl (C=O) groups is 2. The Bertz CT molecular complexity index is 462. The topological polar surface area (TPSA) is 97.4 Å². The zero-order chi connectivity index (χ0) is 15.0. The molecule has 7 nitrogen and oxygen atoms in total. The predicted octanol–water partition coefficient (Wildman–Crippen LogP) is 0.329. The van der Waals surface area contributed by atoms with Crippen molar-refractivity contribution in [1.82, 2.24) is 5.32 Å². The van der Waals surface area contributed by atoms with Gasteiger partial charge in [-0.3, -0.25) is 0 Å². The smallest absolute Gasteiger partial charge is 0.411 e. The van der Waals surface area contributed by atoms with E-state index in [1.165, 1.54) is 14.2 Å². The predicted molar refractivity (Wildman–Crippen MR) is 67.7 cm³/mol. The van der Waals surface area contributed by atoms with Crippen molar-refractivity contribution in [3.8, 4) is 0 Å². The highest BCUT2D eigenvalue weighted by Gasteiger charge is 2.74.